The fraction of sp³-hybridized carbons (Fsp3) is 0.300. The number of anilines is 1. The molecule has 0 amide bonds. The van der Waals surface area contributed by atoms with Crippen LogP contribution in [0.3, 0.4) is 0 Å². The van der Waals surface area contributed by atoms with Gasteiger partial charge in [0.15, 0.2) is 11.9 Å². The van der Waals surface area contributed by atoms with Gasteiger partial charge in [-0.25, -0.2) is 15.6 Å². The number of ether oxygens (including phenoxy) is 1. The van der Waals surface area contributed by atoms with Crippen LogP contribution < -0.4 is 21.6 Å². The van der Waals surface area contributed by atoms with Crippen LogP contribution in [0.25, 0.3) is 5.70 Å². The molecule has 0 aliphatic carbocycles. The zero-order valence-corrected chi connectivity index (χ0v) is 15.9. The van der Waals surface area contributed by atoms with Gasteiger partial charge in [-0.2, -0.15) is 0 Å². The quantitative estimate of drug-likeness (QED) is 0.502. The maximum atomic E-state index is 11.2. The largest absolute Gasteiger partial charge is 0.478 e. The van der Waals surface area contributed by atoms with Crippen molar-refractivity contribution in [2.24, 2.45) is 11.6 Å². The molecule has 0 unspecified atom stereocenters. The Morgan fingerprint density at radius 2 is 2.00 bits per heavy atom. The molecular weight excluding hydrogens is 358 g/mol. The molecule has 28 heavy (non-hydrogen) atoms. The highest BCUT2D eigenvalue weighted by Gasteiger charge is 2.15. The van der Waals surface area contributed by atoms with E-state index in [0.29, 0.717) is 11.4 Å². The van der Waals surface area contributed by atoms with Gasteiger partial charge in [0, 0.05) is 25.4 Å². The number of pyridine rings is 1. The lowest BCUT2D eigenvalue weighted by Crippen LogP contribution is -2.37. The molecular formula is C20H26N5O3+. The van der Waals surface area contributed by atoms with Crippen molar-refractivity contribution in [1.29, 1.82) is 0 Å². The number of hydrogen-bond donors (Lipinski definition) is 3. The van der Waals surface area contributed by atoms with Crippen LogP contribution in [0.5, 0.6) is 0 Å². The molecule has 1 saturated heterocycles. The molecule has 1 fully saturated rings. The van der Waals surface area contributed by atoms with Gasteiger partial charge < -0.3 is 15.6 Å². The van der Waals surface area contributed by atoms with E-state index in [0.717, 1.165) is 49.7 Å². The van der Waals surface area contributed by atoms with E-state index in [1.807, 2.05) is 25.3 Å². The molecule has 148 valence electrons. The fourth-order valence-electron chi connectivity index (χ4n) is 3.05. The lowest BCUT2D eigenvalue weighted by molar-refractivity contribution is -0.393. The number of morpholine rings is 1. The summed E-state index contributed by atoms with van der Waals surface area (Å²) in [4.78, 5) is 16.8. The summed E-state index contributed by atoms with van der Waals surface area (Å²) in [6.45, 7) is 6.07. The number of hydrogen-bond acceptors (Lipinski definition) is 6. The predicted octanol–water partition coefficient (Wildman–Crippen LogP) is 0.977. The molecule has 0 bridgehead atoms. The van der Waals surface area contributed by atoms with E-state index in [4.69, 9.17) is 16.3 Å². The third-order valence-electron chi connectivity index (χ3n) is 4.72. The number of aromatic nitrogens is 1. The topological polar surface area (TPSA) is 119 Å². The zero-order valence-electron chi connectivity index (χ0n) is 15.9. The molecule has 3 rings (SSSR count). The van der Waals surface area contributed by atoms with E-state index in [2.05, 4.69) is 9.88 Å². The Morgan fingerprint density at radius 1 is 1.29 bits per heavy atom. The SMILES string of the molecule is Cc1ccc(C(=O)O)cc1N(N)C=C(N)c1ccc(CN2CCOCC2)[nH+]c1. The van der Waals surface area contributed by atoms with Crippen LogP contribution in [-0.2, 0) is 11.3 Å². The zero-order chi connectivity index (χ0) is 20.1. The van der Waals surface area contributed by atoms with Crippen molar-refractivity contribution in [3.63, 3.8) is 0 Å². The van der Waals surface area contributed by atoms with Gasteiger partial charge in [-0.1, -0.05) is 6.07 Å². The molecule has 0 saturated carbocycles. The normalized spacial score (nSPS) is 15.4. The van der Waals surface area contributed by atoms with Gasteiger partial charge in [-0.3, -0.25) is 9.91 Å². The number of carboxylic acids is 1. The van der Waals surface area contributed by atoms with Gasteiger partial charge in [0.05, 0.1) is 42.3 Å². The van der Waals surface area contributed by atoms with Crippen LogP contribution in [0.2, 0.25) is 0 Å². The lowest BCUT2D eigenvalue weighted by Gasteiger charge is -2.24. The Balaban J connectivity index is 1.72. The van der Waals surface area contributed by atoms with Crippen LogP contribution in [-0.4, -0.2) is 42.3 Å². The number of benzene rings is 1. The van der Waals surface area contributed by atoms with Gasteiger partial charge in [0.2, 0.25) is 0 Å². The smallest absolute Gasteiger partial charge is 0.335 e. The second-order valence-corrected chi connectivity index (χ2v) is 6.79. The molecule has 2 aromatic rings. The first-order valence-corrected chi connectivity index (χ1v) is 9.10. The number of carbonyl (C=O) groups is 1. The maximum Gasteiger partial charge on any atom is 0.335 e. The van der Waals surface area contributed by atoms with Crippen LogP contribution >= 0.6 is 0 Å². The molecule has 1 aliphatic heterocycles. The first kappa shape index (κ1) is 19.8. The Bertz CT molecular complexity index is 861. The molecule has 0 radical (unpaired) electrons. The minimum atomic E-state index is -1.00. The van der Waals surface area contributed by atoms with E-state index < -0.39 is 5.97 Å². The second kappa shape index (κ2) is 8.83. The summed E-state index contributed by atoms with van der Waals surface area (Å²) in [7, 11) is 0. The average molecular weight is 384 g/mol. The summed E-state index contributed by atoms with van der Waals surface area (Å²) in [6, 6.07) is 8.73. The van der Waals surface area contributed by atoms with Gasteiger partial charge in [0.1, 0.15) is 0 Å². The number of nitrogens with one attached hydrogen (secondary N) is 1. The Labute approximate surface area is 164 Å². The standard InChI is InChI=1S/C20H25N5O3/c1-14-2-3-15(20(26)27)10-19(14)25(22)13-18(21)16-4-5-17(23-11-16)12-24-6-8-28-9-7-24/h2-5,10-11,13H,6-9,12,21-22H2,1H3,(H,26,27)/p+1. The van der Waals surface area contributed by atoms with Crippen LogP contribution in [0.1, 0.15) is 27.2 Å². The highest BCUT2D eigenvalue weighted by Crippen LogP contribution is 2.21. The number of nitrogens with two attached hydrogens (primary N) is 2. The Kier molecular flexibility index (Phi) is 6.25. The van der Waals surface area contributed by atoms with Crippen molar-refractivity contribution in [3.05, 3.63) is 65.1 Å². The summed E-state index contributed by atoms with van der Waals surface area (Å²) in [5, 5.41) is 10.5. The van der Waals surface area contributed by atoms with Crippen molar-refractivity contribution in [2.75, 3.05) is 31.3 Å². The van der Waals surface area contributed by atoms with E-state index in [1.165, 1.54) is 11.1 Å². The highest BCUT2D eigenvalue weighted by atomic mass is 16.5. The number of aryl methyl sites for hydroxylation is 1. The Morgan fingerprint density at radius 3 is 2.64 bits per heavy atom. The van der Waals surface area contributed by atoms with Crippen LogP contribution in [0.4, 0.5) is 5.69 Å². The average Bonchev–Trinajstić information content (AvgIpc) is 2.69. The van der Waals surface area contributed by atoms with Crippen molar-refractivity contribution in [1.82, 2.24) is 4.90 Å². The molecule has 0 spiro atoms. The number of aromatic carboxylic acids is 1. The molecule has 1 aliphatic rings. The monoisotopic (exact) mass is 384 g/mol. The first-order valence-electron chi connectivity index (χ1n) is 9.10. The summed E-state index contributed by atoms with van der Waals surface area (Å²) in [6.07, 6.45) is 3.43. The van der Waals surface area contributed by atoms with E-state index in [-0.39, 0.29) is 5.56 Å². The molecule has 0 atom stereocenters. The number of carboxylic acid groups (broad SMARTS) is 1. The molecule has 8 heteroatoms. The predicted molar refractivity (Wildman–Crippen MR) is 106 cm³/mol. The van der Waals surface area contributed by atoms with Crippen LogP contribution in [0, 0.1) is 6.92 Å². The minimum absolute atomic E-state index is 0.170. The third-order valence-corrected chi connectivity index (χ3v) is 4.72. The van der Waals surface area contributed by atoms with Crippen LogP contribution in [0.15, 0.2) is 42.7 Å². The second-order valence-electron chi connectivity index (χ2n) is 6.79. The molecule has 6 N–H and O–H groups in total. The summed E-state index contributed by atoms with van der Waals surface area (Å²) >= 11 is 0. The Hall–Kier alpha value is -2.94. The fourth-order valence-corrected chi connectivity index (χ4v) is 3.05. The van der Waals surface area contributed by atoms with Gasteiger partial charge >= 0.3 is 5.97 Å². The van der Waals surface area contributed by atoms with E-state index in [9.17, 15) is 9.90 Å². The number of hydrazine groups is 1. The number of aromatic amines is 1. The minimum Gasteiger partial charge on any atom is -0.478 e. The molecule has 1 aromatic carbocycles. The number of nitrogens with zero attached hydrogens (tertiary/aromatic N) is 2. The van der Waals surface area contributed by atoms with Gasteiger partial charge in [-0.05, 0) is 30.7 Å². The summed E-state index contributed by atoms with van der Waals surface area (Å²) in [5.41, 5.74) is 10.2. The maximum absolute atomic E-state index is 11.2. The van der Waals surface area contributed by atoms with Gasteiger partial charge in [0.25, 0.3) is 0 Å². The van der Waals surface area contributed by atoms with Crippen molar-refractivity contribution in [2.45, 2.75) is 13.5 Å². The third kappa shape index (κ3) is 4.86. The highest BCUT2D eigenvalue weighted by molar-refractivity contribution is 5.89. The summed E-state index contributed by atoms with van der Waals surface area (Å²) < 4.78 is 5.37. The van der Waals surface area contributed by atoms with E-state index in [1.54, 1.807) is 18.3 Å². The van der Waals surface area contributed by atoms with Gasteiger partial charge in [-0.15, -0.1) is 0 Å². The van der Waals surface area contributed by atoms with E-state index >= 15 is 0 Å². The van der Waals surface area contributed by atoms with Crippen molar-refractivity contribution in [3.8, 4) is 0 Å². The molecule has 8 nitrogen and oxygen atoms in total. The number of H-pyrrole nitrogens is 1. The van der Waals surface area contributed by atoms with Crippen molar-refractivity contribution >= 4 is 17.4 Å². The van der Waals surface area contributed by atoms with Crippen molar-refractivity contribution < 1.29 is 19.6 Å². The summed E-state index contributed by atoms with van der Waals surface area (Å²) in [5.74, 6) is 5.11. The lowest BCUT2D eigenvalue weighted by atomic mass is 10.1. The molecule has 1 aromatic heterocycles. The number of rotatable bonds is 6. The molecule has 2 heterocycles. The first-order chi connectivity index (χ1) is 13.4.